The Labute approximate surface area is 249 Å². The fourth-order valence-electron chi connectivity index (χ4n) is 7.45. The predicted molar refractivity (Wildman–Crippen MR) is 161 cm³/mol. The minimum absolute atomic E-state index is 0.282. The van der Waals surface area contributed by atoms with E-state index >= 15 is 0 Å². The number of carbonyl (C=O) groups excluding carboxylic acids is 3. The number of nitrogens with zero attached hydrogens (tertiary/aromatic N) is 3. The predicted octanol–water partition coefficient (Wildman–Crippen LogP) is 3.85. The molecule has 2 amide bonds. The second-order valence-corrected chi connectivity index (χ2v) is 11.7. The van der Waals surface area contributed by atoms with Crippen LogP contribution in [0.5, 0.6) is 0 Å². The highest BCUT2D eigenvalue weighted by Gasteiger charge is 2.75. The van der Waals surface area contributed by atoms with Crippen molar-refractivity contribution in [1.29, 1.82) is 0 Å². The number of carbonyl (C=O) groups is 3. The van der Waals surface area contributed by atoms with Gasteiger partial charge in [0.2, 0.25) is 5.91 Å². The Morgan fingerprint density at radius 1 is 0.976 bits per heavy atom. The van der Waals surface area contributed by atoms with Crippen molar-refractivity contribution in [2.75, 3.05) is 42.6 Å². The summed E-state index contributed by atoms with van der Waals surface area (Å²) in [6.07, 6.45) is 11.0. The van der Waals surface area contributed by atoms with Crippen molar-refractivity contribution in [2.24, 2.45) is 11.8 Å². The Hall–Kier alpha value is -3.17. The lowest BCUT2D eigenvalue weighted by atomic mass is 9.73. The number of esters is 1. The van der Waals surface area contributed by atoms with E-state index in [-0.39, 0.29) is 25.0 Å². The number of hydrogen-bond donors (Lipinski definition) is 1. The van der Waals surface area contributed by atoms with Crippen molar-refractivity contribution >= 4 is 29.2 Å². The molecule has 9 heteroatoms. The van der Waals surface area contributed by atoms with Crippen molar-refractivity contribution in [3.05, 3.63) is 48.6 Å². The highest BCUT2D eigenvalue weighted by atomic mass is 16.6. The van der Waals surface area contributed by atoms with Crippen LogP contribution in [0.15, 0.2) is 48.6 Å². The van der Waals surface area contributed by atoms with Gasteiger partial charge in [-0.05, 0) is 70.2 Å². The van der Waals surface area contributed by atoms with Crippen LogP contribution in [0, 0.1) is 11.8 Å². The third-order valence-electron chi connectivity index (χ3n) is 9.69. The molecule has 4 aliphatic heterocycles. The van der Waals surface area contributed by atoms with Crippen LogP contribution in [0.2, 0.25) is 0 Å². The number of hydrogen-bond acceptors (Lipinski definition) is 7. The highest BCUT2D eigenvalue weighted by Crippen LogP contribution is 2.58. The van der Waals surface area contributed by atoms with Gasteiger partial charge in [0.25, 0.3) is 5.91 Å². The second-order valence-electron chi connectivity index (χ2n) is 11.7. The fourth-order valence-corrected chi connectivity index (χ4v) is 7.45. The monoisotopic (exact) mass is 579 g/mol. The molecule has 1 spiro atoms. The number of aliphatic hydroxyl groups excluding tert-OH is 1. The van der Waals surface area contributed by atoms with Gasteiger partial charge < -0.3 is 29.3 Å². The van der Waals surface area contributed by atoms with E-state index in [1.807, 2.05) is 62.4 Å². The molecule has 0 aromatic heterocycles. The summed E-state index contributed by atoms with van der Waals surface area (Å²) in [6.45, 7) is 10.1. The van der Waals surface area contributed by atoms with Gasteiger partial charge >= 0.3 is 5.97 Å². The van der Waals surface area contributed by atoms with Crippen LogP contribution in [-0.4, -0.2) is 83.9 Å². The summed E-state index contributed by atoms with van der Waals surface area (Å²) < 4.78 is 12.7. The number of allylic oxidation sites excluding steroid dienone is 1. The molecule has 1 unspecified atom stereocenters. The van der Waals surface area contributed by atoms with Crippen molar-refractivity contribution in [3.63, 3.8) is 0 Å². The first kappa shape index (κ1) is 30.3. The summed E-state index contributed by atoms with van der Waals surface area (Å²) in [6, 6.07) is 6.24. The average molecular weight is 580 g/mol. The molecule has 5 rings (SSSR count). The molecule has 2 saturated heterocycles. The van der Waals surface area contributed by atoms with E-state index in [4.69, 9.17) is 9.47 Å². The molecule has 0 bridgehead atoms. The maximum absolute atomic E-state index is 14.7. The summed E-state index contributed by atoms with van der Waals surface area (Å²) >= 11 is 0. The zero-order chi connectivity index (χ0) is 30.1. The smallest absolute Gasteiger partial charge is 0.313 e. The lowest BCUT2D eigenvalue weighted by molar-refractivity contribution is -0.161. The van der Waals surface area contributed by atoms with Crippen LogP contribution in [0.1, 0.15) is 59.8 Å². The first-order chi connectivity index (χ1) is 20.3. The molecule has 42 heavy (non-hydrogen) atoms. The zero-order valence-electron chi connectivity index (χ0n) is 25.3. The third-order valence-corrected chi connectivity index (χ3v) is 9.69. The normalized spacial score (nSPS) is 32.5. The third kappa shape index (κ3) is 4.74. The number of cyclic esters (lactones) is 1. The number of likely N-dealkylation sites (tertiary alicyclic amines) is 1. The lowest BCUT2D eigenvalue weighted by Crippen LogP contribution is -2.59. The Balaban J connectivity index is 1.63. The van der Waals surface area contributed by atoms with Gasteiger partial charge in [-0.15, -0.1) is 0 Å². The molecule has 9 nitrogen and oxygen atoms in total. The van der Waals surface area contributed by atoms with E-state index in [1.165, 1.54) is 4.90 Å². The Kier molecular flexibility index (Phi) is 8.81. The second kappa shape index (κ2) is 12.2. The quantitative estimate of drug-likeness (QED) is 0.369. The molecule has 0 saturated carbocycles. The van der Waals surface area contributed by atoms with Crippen LogP contribution in [0.25, 0.3) is 0 Å². The van der Waals surface area contributed by atoms with Gasteiger partial charge in [-0.3, -0.25) is 14.4 Å². The number of benzene rings is 1. The molecule has 1 aromatic carbocycles. The molecule has 6 atom stereocenters. The molecule has 2 fully saturated rings. The Morgan fingerprint density at radius 3 is 2.36 bits per heavy atom. The molecule has 4 aliphatic rings. The van der Waals surface area contributed by atoms with E-state index in [0.717, 1.165) is 38.0 Å². The molecule has 0 radical (unpaired) electrons. The number of aliphatic hydroxyl groups is 1. The summed E-state index contributed by atoms with van der Waals surface area (Å²) in [7, 11) is 0. The molecule has 228 valence electrons. The average Bonchev–Trinajstić information content (AvgIpc) is 3.36. The lowest BCUT2D eigenvalue weighted by Gasteiger charge is -2.40. The van der Waals surface area contributed by atoms with Gasteiger partial charge in [0, 0.05) is 31.0 Å². The standard InChI is InChI=1S/C33H45N3O6/c1-5-23(22-37)36-28-30(39)35(25-16-14-24(15-17-25)34(7-3)8-4)20-13-19-33(28)26(29(36)38)27-31(40)41-21-12-10-9-11-18-32(27,6-2)42-33/h11,13-19,23,26-28,37H,5-10,12,20-22H2,1-4H3/b18-11-/t23-,26-,27-,28?,32+,33-/m0/s1. The Bertz CT molecular complexity index is 1220. The van der Waals surface area contributed by atoms with E-state index in [9.17, 15) is 19.5 Å². The van der Waals surface area contributed by atoms with E-state index in [2.05, 4.69) is 18.7 Å². The fraction of sp³-hybridized carbons (Fsp3) is 0.606. The number of ether oxygens (including phenoxy) is 2. The van der Waals surface area contributed by atoms with Gasteiger partial charge in [-0.1, -0.05) is 38.2 Å². The topological polar surface area (TPSA) is 99.6 Å². The van der Waals surface area contributed by atoms with Crippen molar-refractivity contribution in [2.45, 2.75) is 83.1 Å². The highest BCUT2D eigenvalue weighted by molar-refractivity contribution is 6.05. The minimum atomic E-state index is -1.38. The van der Waals surface area contributed by atoms with Crippen molar-refractivity contribution in [1.82, 2.24) is 4.90 Å². The van der Waals surface area contributed by atoms with Crippen molar-refractivity contribution in [3.8, 4) is 0 Å². The number of anilines is 2. The van der Waals surface area contributed by atoms with E-state index < -0.39 is 41.1 Å². The van der Waals surface area contributed by atoms with E-state index in [1.54, 1.807) is 4.90 Å². The largest absolute Gasteiger partial charge is 0.465 e. The summed E-state index contributed by atoms with van der Waals surface area (Å²) in [5, 5.41) is 10.4. The first-order valence-electron chi connectivity index (χ1n) is 15.6. The maximum atomic E-state index is 14.7. The zero-order valence-corrected chi connectivity index (χ0v) is 25.3. The Morgan fingerprint density at radius 2 is 1.71 bits per heavy atom. The van der Waals surface area contributed by atoms with Crippen LogP contribution in [0.3, 0.4) is 0 Å². The van der Waals surface area contributed by atoms with Crippen LogP contribution in [-0.2, 0) is 23.9 Å². The molecule has 4 heterocycles. The van der Waals surface area contributed by atoms with Gasteiger partial charge in [0.15, 0.2) is 0 Å². The molecule has 0 aliphatic carbocycles. The summed E-state index contributed by atoms with van der Waals surface area (Å²) in [5.41, 5.74) is -0.692. The van der Waals surface area contributed by atoms with Gasteiger partial charge in [0.05, 0.1) is 25.2 Å². The molecular weight excluding hydrogens is 534 g/mol. The van der Waals surface area contributed by atoms with Crippen molar-refractivity contribution < 1.29 is 29.0 Å². The van der Waals surface area contributed by atoms with Crippen LogP contribution in [0.4, 0.5) is 11.4 Å². The van der Waals surface area contributed by atoms with Crippen LogP contribution < -0.4 is 9.80 Å². The maximum Gasteiger partial charge on any atom is 0.313 e. The number of rotatable bonds is 8. The SMILES string of the molecule is CC[C@@H](CO)N1C(=O)[C@@H]2[C@H]3C(=O)OCCCC/C=C\[C@@]3(CC)O[C@@]23C=CCN(c2ccc(N(CC)CC)cc2)C(=O)C13. The van der Waals surface area contributed by atoms with Gasteiger partial charge in [0.1, 0.15) is 23.2 Å². The molecule has 1 aromatic rings. The summed E-state index contributed by atoms with van der Waals surface area (Å²) in [4.78, 5) is 48.4. The van der Waals surface area contributed by atoms with Crippen LogP contribution >= 0.6 is 0 Å². The van der Waals surface area contributed by atoms with E-state index in [0.29, 0.717) is 25.1 Å². The summed E-state index contributed by atoms with van der Waals surface area (Å²) in [5.74, 6) is -2.97. The van der Waals surface area contributed by atoms with Gasteiger partial charge in [-0.2, -0.15) is 0 Å². The first-order valence-corrected chi connectivity index (χ1v) is 15.6. The van der Waals surface area contributed by atoms with Gasteiger partial charge in [-0.25, -0.2) is 0 Å². The number of amides is 2. The minimum Gasteiger partial charge on any atom is -0.465 e. The molecule has 1 N–H and O–H groups in total. The number of fused-ring (bicyclic) bond motifs is 2. The molecular formula is C33H45N3O6.